The normalized spacial score (nSPS) is 17.6. The van der Waals surface area contributed by atoms with Crippen LogP contribution in [-0.4, -0.2) is 75.0 Å². The first-order chi connectivity index (χ1) is 37.2. The van der Waals surface area contributed by atoms with Gasteiger partial charge in [0.25, 0.3) is 17.7 Å². The summed E-state index contributed by atoms with van der Waals surface area (Å²) in [7, 11) is 0. The van der Waals surface area contributed by atoms with Gasteiger partial charge in [0.2, 0.25) is 0 Å². The largest absolute Gasteiger partial charge is 0.351 e. The Balaban J connectivity index is 0.000000557. The highest BCUT2D eigenvalue weighted by Crippen LogP contribution is 2.44. The summed E-state index contributed by atoms with van der Waals surface area (Å²) >= 11 is 11.7. The lowest BCUT2D eigenvalue weighted by Crippen LogP contribution is -2.43. The molecule has 0 radical (unpaired) electrons. The summed E-state index contributed by atoms with van der Waals surface area (Å²) in [6.45, 7) is 54.0. The number of nitrogens with one attached hydrogen (secondary N) is 4. The summed E-state index contributed by atoms with van der Waals surface area (Å²) in [5.74, 6) is 13.3. The van der Waals surface area contributed by atoms with E-state index in [1.54, 1.807) is 24.3 Å². The van der Waals surface area contributed by atoms with Crippen molar-refractivity contribution in [2.75, 3.05) is 52.4 Å². The molecule has 0 saturated carbocycles. The van der Waals surface area contributed by atoms with E-state index in [0.29, 0.717) is 86.7 Å². The third-order valence-corrected chi connectivity index (χ3v) is 21.2. The summed E-state index contributed by atoms with van der Waals surface area (Å²) in [6.07, 6.45) is 1.30. The van der Waals surface area contributed by atoms with Gasteiger partial charge in [0.15, 0.2) is 0 Å². The maximum Gasteiger partial charge on any atom is 0.251 e. The maximum atomic E-state index is 12.7. The average Bonchev–Trinajstić information content (AvgIpc) is 3.48. The Kier molecular flexibility index (Phi) is 33.5. The highest BCUT2D eigenvalue weighted by atomic mass is 35.5. The fourth-order valence-electron chi connectivity index (χ4n) is 11.7. The predicted molar refractivity (Wildman–Crippen MR) is 341 cm³/mol. The summed E-state index contributed by atoms with van der Waals surface area (Å²) in [6, 6.07) is 22.2. The van der Waals surface area contributed by atoms with Crippen LogP contribution in [0, 0.1) is 94.7 Å². The van der Waals surface area contributed by atoms with Gasteiger partial charge in [0, 0.05) is 80.8 Å². The van der Waals surface area contributed by atoms with Crippen LogP contribution in [0.4, 0.5) is 0 Å². The molecule has 448 valence electrons. The molecule has 15 unspecified atom stereocenters. The smallest absolute Gasteiger partial charge is 0.251 e. The molecule has 0 aliphatic carbocycles. The second-order valence-corrected chi connectivity index (χ2v) is 26.0. The van der Waals surface area contributed by atoms with Crippen molar-refractivity contribution in [3.8, 4) is 0 Å². The SMILES string of the molecule is CC(C)c1ccc(C(=O)NCCN(CCNCCNC(=O)c2ccc(CCl)cc2)CCNC(=O)c2ccc(CCl)cc2)cc1.CCC(C)C(C)C(C)C(C)C(C)C(C)C(C)C(C)C(C)C(C)C(C)C(C)C(C)C(C)C(C)C(C)C. The number of carbonyl (C=O) groups excluding carboxylic acids is 3. The van der Waals surface area contributed by atoms with E-state index in [9.17, 15) is 14.4 Å². The Morgan fingerprint density at radius 2 is 0.671 bits per heavy atom. The van der Waals surface area contributed by atoms with E-state index in [-0.39, 0.29) is 17.7 Å². The van der Waals surface area contributed by atoms with Crippen LogP contribution in [0.2, 0.25) is 0 Å². The molecule has 0 fully saturated rings. The van der Waals surface area contributed by atoms with Crippen LogP contribution in [0.15, 0.2) is 72.8 Å². The summed E-state index contributed by atoms with van der Waals surface area (Å²) in [5.41, 5.74) is 4.93. The van der Waals surface area contributed by atoms with Gasteiger partial charge in [0.05, 0.1) is 0 Å². The van der Waals surface area contributed by atoms with Crippen LogP contribution in [-0.2, 0) is 11.8 Å². The van der Waals surface area contributed by atoms with Gasteiger partial charge in [-0.1, -0.05) is 181 Å². The molecule has 0 aliphatic rings. The van der Waals surface area contributed by atoms with Crippen molar-refractivity contribution in [3.05, 3.63) is 106 Å². The number of amides is 3. The van der Waals surface area contributed by atoms with E-state index in [1.807, 2.05) is 48.5 Å². The number of rotatable bonds is 34. The first-order valence-electron chi connectivity index (χ1n) is 30.9. The molecule has 3 rings (SSSR count). The molecular formula is C69H115Cl2N5O3. The van der Waals surface area contributed by atoms with Gasteiger partial charge in [-0.25, -0.2) is 0 Å². The van der Waals surface area contributed by atoms with Crippen molar-refractivity contribution in [2.24, 2.45) is 94.7 Å². The molecule has 15 atom stereocenters. The molecule has 0 aromatic heterocycles. The van der Waals surface area contributed by atoms with Crippen LogP contribution >= 0.6 is 23.2 Å². The van der Waals surface area contributed by atoms with Crippen molar-refractivity contribution in [1.82, 2.24) is 26.2 Å². The van der Waals surface area contributed by atoms with Gasteiger partial charge in [-0.2, -0.15) is 0 Å². The minimum Gasteiger partial charge on any atom is -0.351 e. The van der Waals surface area contributed by atoms with Crippen molar-refractivity contribution < 1.29 is 14.4 Å². The van der Waals surface area contributed by atoms with Crippen LogP contribution < -0.4 is 21.3 Å². The van der Waals surface area contributed by atoms with Crippen molar-refractivity contribution in [3.63, 3.8) is 0 Å². The van der Waals surface area contributed by atoms with Crippen molar-refractivity contribution in [2.45, 2.75) is 163 Å². The molecule has 0 heterocycles. The molecular weight excluding hydrogens is 1020 g/mol. The Labute approximate surface area is 494 Å². The van der Waals surface area contributed by atoms with Crippen LogP contribution in [0.1, 0.15) is 199 Å². The van der Waals surface area contributed by atoms with Crippen molar-refractivity contribution >= 4 is 40.9 Å². The lowest BCUT2D eigenvalue weighted by molar-refractivity contribution is 0.0546. The molecule has 4 N–H and O–H groups in total. The third kappa shape index (κ3) is 23.4. The summed E-state index contributed by atoms with van der Waals surface area (Å²) in [5, 5.41) is 12.3. The van der Waals surface area contributed by atoms with E-state index in [1.165, 1.54) is 12.0 Å². The monoisotopic (exact) mass is 1130 g/mol. The summed E-state index contributed by atoms with van der Waals surface area (Å²) in [4.78, 5) is 39.8. The number of alkyl halides is 2. The lowest BCUT2D eigenvalue weighted by atomic mass is 9.62. The number of carbonyl (C=O) groups is 3. The predicted octanol–water partition coefficient (Wildman–Crippen LogP) is 16.4. The first-order valence-corrected chi connectivity index (χ1v) is 32.0. The Bertz CT molecular complexity index is 2150. The van der Waals surface area contributed by atoms with E-state index in [2.05, 4.69) is 165 Å². The Morgan fingerprint density at radius 1 is 0.380 bits per heavy atom. The average molecular weight is 1130 g/mol. The van der Waals surface area contributed by atoms with Crippen LogP contribution in [0.3, 0.4) is 0 Å². The number of benzene rings is 3. The quantitative estimate of drug-likeness (QED) is 0.0352. The van der Waals surface area contributed by atoms with Crippen molar-refractivity contribution in [1.29, 1.82) is 0 Å². The van der Waals surface area contributed by atoms with E-state index >= 15 is 0 Å². The fraction of sp³-hybridized carbons (Fsp3) is 0.696. The van der Waals surface area contributed by atoms with Gasteiger partial charge in [0.1, 0.15) is 0 Å². The topological polar surface area (TPSA) is 103 Å². The highest BCUT2D eigenvalue weighted by molar-refractivity contribution is 6.17. The molecule has 8 nitrogen and oxygen atoms in total. The fourth-order valence-corrected chi connectivity index (χ4v) is 12.0. The Morgan fingerprint density at radius 3 is 0.975 bits per heavy atom. The van der Waals surface area contributed by atoms with Gasteiger partial charge in [-0.05, 0) is 154 Å². The van der Waals surface area contributed by atoms with E-state index in [0.717, 1.165) is 106 Å². The highest BCUT2D eigenvalue weighted by Gasteiger charge is 2.37. The van der Waals surface area contributed by atoms with Gasteiger partial charge in [-0.3, -0.25) is 19.3 Å². The van der Waals surface area contributed by atoms with Crippen LogP contribution in [0.25, 0.3) is 0 Å². The molecule has 0 saturated heterocycles. The number of nitrogens with zero attached hydrogens (tertiary/aromatic N) is 1. The number of halogens is 2. The number of hydrogen-bond acceptors (Lipinski definition) is 5. The minimum atomic E-state index is -0.143. The first kappa shape index (κ1) is 71.7. The minimum absolute atomic E-state index is 0.111. The second-order valence-electron chi connectivity index (χ2n) is 25.5. The molecule has 3 amide bonds. The molecule has 3 aromatic carbocycles. The lowest BCUT2D eigenvalue weighted by Gasteiger charge is -2.43. The molecule has 0 spiro atoms. The maximum absolute atomic E-state index is 12.7. The molecule has 3 aromatic rings. The zero-order chi connectivity index (χ0) is 59.7. The summed E-state index contributed by atoms with van der Waals surface area (Å²) < 4.78 is 0. The van der Waals surface area contributed by atoms with E-state index in [4.69, 9.17) is 23.2 Å². The van der Waals surface area contributed by atoms with E-state index < -0.39 is 0 Å². The zero-order valence-electron chi connectivity index (χ0n) is 53.4. The second kappa shape index (κ2) is 36.9. The van der Waals surface area contributed by atoms with Gasteiger partial charge < -0.3 is 21.3 Å². The zero-order valence-corrected chi connectivity index (χ0v) is 55.0. The third-order valence-electron chi connectivity index (χ3n) is 20.6. The standard InChI is InChI=1S/C35H72.C34H43Cl2N5O3/c1-19-21(4)23(6)25(8)27(10)29(12)31(14)33(16)35(18)34(17)32(15)30(13)28(11)26(9)24(7)22(5)20(2)3;1-25(2)28-11-13-31(14-12-28)34(44)40-19-22-41(21-18-39-33(43)30-9-5-27(24-36)6-10-30)20-17-37-15-16-38-32(42)29-7-3-26(23-35)4-8-29/h20-35H,19H2,1-18H3;3-14,25,37H,15-24H2,1-2H3,(H,38,42)(H,39,43)(H,40,44). The van der Waals surface area contributed by atoms with Gasteiger partial charge >= 0.3 is 0 Å². The Hall–Kier alpha value is -3.43. The number of hydrogen-bond donors (Lipinski definition) is 4. The van der Waals surface area contributed by atoms with Crippen LogP contribution in [0.5, 0.6) is 0 Å². The van der Waals surface area contributed by atoms with Gasteiger partial charge in [-0.15, -0.1) is 23.2 Å². The molecule has 10 heteroatoms. The molecule has 0 aliphatic heterocycles. The molecule has 79 heavy (non-hydrogen) atoms. The molecule has 0 bridgehead atoms.